The van der Waals surface area contributed by atoms with E-state index in [0.717, 1.165) is 17.9 Å². The van der Waals surface area contributed by atoms with Gasteiger partial charge in [0.05, 0.1) is 0 Å². The highest BCUT2D eigenvalue weighted by Crippen LogP contribution is 2.29. The van der Waals surface area contributed by atoms with Crippen LogP contribution in [0.15, 0.2) is 0 Å². The molecule has 2 nitrogen and oxygen atoms in total. The van der Waals surface area contributed by atoms with E-state index in [0.29, 0.717) is 0 Å². The Balaban J connectivity index is 1.82. The maximum Gasteiger partial charge on any atom is 0.0223 e. The van der Waals surface area contributed by atoms with Crippen molar-refractivity contribution in [1.29, 1.82) is 0 Å². The Hall–Kier alpha value is -0.0800. The summed E-state index contributed by atoms with van der Waals surface area (Å²) in [6, 6.07) is 0.762. The standard InChI is InChI=1S/C16H32N2/c1-3-10-17-16(15-8-4-5-9-15)13-18-11-6-7-14(2)12-18/h14-17H,3-13H2,1-2H3. The van der Waals surface area contributed by atoms with E-state index in [-0.39, 0.29) is 0 Å². The van der Waals surface area contributed by atoms with E-state index in [1.54, 1.807) is 0 Å². The number of rotatable bonds is 6. The fourth-order valence-electron chi connectivity index (χ4n) is 3.80. The highest BCUT2D eigenvalue weighted by atomic mass is 15.2. The summed E-state index contributed by atoms with van der Waals surface area (Å²) in [7, 11) is 0. The van der Waals surface area contributed by atoms with Crippen LogP contribution in [0, 0.1) is 11.8 Å². The molecule has 0 radical (unpaired) electrons. The first-order chi connectivity index (χ1) is 8.79. The molecule has 1 saturated carbocycles. The average molecular weight is 252 g/mol. The number of likely N-dealkylation sites (tertiary alicyclic amines) is 1. The molecule has 1 N–H and O–H groups in total. The van der Waals surface area contributed by atoms with E-state index in [1.807, 2.05) is 0 Å². The van der Waals surface area contributed by atoms with Crippen molar-refractivity contribution in [2.45, 2.75) is 64.8 Å². The summed E-state index contributed by atoms with van der Waals surface area (Å²) in [4.78, 5) is 2.72. The molecule has 0 bridgehead atoms. The van der Waals surface area contributed by atoms with Gasteiger partial charge in [-0.15, -0.1) is 0 Å². The van der Waals surface area contributed by atoms with Crippen LogP contribution in [0.4, 0.5) is 0 Å². The van der Waals surface area contributed by atoms with Crippen LogP contribution in [0.25, 0.3) is 0 Å². The Morgan fingerprint density at radius 2 is 1.94 bits per heavy atom. The van der Waals surface area contributed by atoms with Gasteiger partial charge in [-0.1, -0.05) is 26.7 Å². The van der Waals surface area contributed by atoms with Gasteiger partial charge in [0, 0.05) is 19.1 Å². The van der Waals surface area contributed by atoms with E-state index >= 15 is 0 Å². The number of nitrogens with one attached hydrogen (secondary N) is 1. The van der Waals surface area contributed by atoms with Crippen LogP contribution >= 0.6 is 0 Å². The fourth-order valence-corrected chi connectivity index (χ4v) is 3.80. The molecule has 1 heterocycles. The predicted molar refractivity (Wildman–Crippen MR) is 78.9 cm³/mol. The second kappa shape index (κ2) is 7.49. The molecule has 1 saturated heterocycles. The lowest BCUT2D eigenvalue weighted by atomic mass is 9.95. The SMILES string of the molecule is CCCNC(CN1CCCC(C)C1)C1CCCC1. The van der Waals surface area contributed by atoms with E-state index in [9.17, 15) is 0 Å². The van der Waals surface area contributed by atoms with Crippen molar-refractivity contribution >= 4 is 0 Å². The Bertz CT molecular complexity index is 223. The fraction of sp³-hybridized carbons (Fsp3) is 1.00. The van der Waals surface area contributed by atoms with Gasteiger partial charge >= 0.3 is 0 Å². The van der Waals surface area contributed by atoms with Gasteiger partial charge in [-0.2, -0.15) is 0 Å². The molecular formula is C16H32N2. The number of hydrogen-bond donors (Lipinski definition) is 1. The van der Waals surface area contributed by atoms with Gasteiger partial charge in [-0.05, 0) is 57.0 Å². The number of nitrogens with zero attached hydrogens (tertiary/aromatic N) is 1. The first-order valence-electron chi connectivity index (χ1n) is 8.25. The van der Waals surface area contributed by atoms with Gasteiger partial charge in [-0.3, -0.25) is 0 Å². The normalized spacial score (nSPS) is 28.7. The van der Waals surface area contributed by atoms with Crippen molar-refractivity contribution in [3.8, 4) is 0 Å². The van der Waals surface area contributed by atoms with E-state index in [1.165, 1.54) is 71.1 Å². The summed E-state index contributed by atoms with van der Waals surface area (Å²) in [5, 5.41) is 3.83. The van der Waals surface area contributed by atoms with Gasteiger partial charge < -0.3 is 10.2 Å². The lowest BCUT2D eigenvalue weighted by molar-refractivity contribution is 0.150. The van der Waals surface area contributed by atoms with Crippen LogP contribution in [0.3, 0.4) is 0 Å². The zero-order chi connectivity index (χ0) is 12.8. The summed E-state index contributed by atoms with van der Waals surface area (Å²) in [6.07, 6.45) is 9.96. The minimum Gasteiger partial charge on any atom is -0.312 e. The quantitative estimate of drug-likeness (QED) is 0.780. The van der Waals surface area contributed by atoms with Crippen LogP contribution < -0.4 is 5.32 Å². The lowest BCUT2D eigenvalue weighted by Crippen LogP contribution is -2.47. The third-order valence-electron chi connectivity index (χ3n) is 4.82. The highest BCUT2D eigenvalue weighted by Gasteiger charge is 2.27. The van der Waals surface area contributed by atoms with E-state index < -0.39 is 0 Å². The minimum atomic E-state index is 0.762. The van der Waals surface area contributed by atoms with Crippen molar-refractivity contribution in [3.05, 3.63) is 0 Å². The number of piperidine rings is 1. The molecule has 2 atom stereocenters. The molecule has 0 amide bonds. The van der Waals surface area contributed by atoms with Crippen LogP contribution in [-0.4, -0.2) is 37.1 Å². The third-order valence-corrected chi connectivity index (χ3v) is 4.82. The Kier molecular flexibility index (Phi) is 5.97. The molecule has 0 aromatic rings. The second-order valence-electron chi connectivity index (χ2n) is 6.61. The average Bonchev–Trinajstić information content (AvgIpc) is 2.88. The van der Waals surface area contributed by atoms with Crippen molar-refractivity contribution in [3.63, 3.8) is 0 Å². The molecule has 2 rings (SSSR count). The van der Waals surface area contributed by atoms with Gasteiger partial charge in [0.1, 0.15) is 0 Å². The molecule has 0 spiro atoms. The van der Waals surface area contributed by atoms with Crippen LogP contribution in [-0.2, 0) is 0 Å². The van der Waals surface area contributed by atoms with Crippen molar-refractivity contribution in [1.82, 2.24) is 10.2 Å². The topological polar surface area (TPSA) is 15.3 Å². The first-order valence-corrected chi connectivity index (χ1v) is 8.25. The molecule has 0 aromatic carbocycles. The summed E-state index contributed by atoms with van der Waals surface area (Å²) in [6.45, 7) is 9.86. The molecule has 2 heteroatoms. The maximum absolute atomic E-state index is 3.83. The third kappa shape index (κ3) is 4.24. The zero-order valence-corrected chi connectivity index (χ0v) is 12.5. The molecule has 2 fully saturated rings. The Morgan fingerprint density at radius 1 is 1.17 bits per heavy atom. The Labute approximate surface area is 114 Å². The summed E-state index contributed by atoms with van der Waals surface area (Å²) in [5.74, 6) is 1.86. The monoisotopic (exact) mass is 252 g/mol. The molecule has 106 valence electrons. The van der Waals surface area contributed by atoms with E-state index in [2.05, 4.69) is 24.1 Å². The molecule has 2 unspecified atom stereocenters. The Morgan fingerprint density at radius 3 is 2.61 bits per heavy atom. The molecule has 0 aromatic heterocycles. The predicted octanol–water partition coefficient (Wildman–Crippen LogP) is 3.28. The van der Waals surface area contributed by atoms with Crippen LogP contribution in [0.5, 0.6) is 0 Å². The first kappa shape index (κ1) is 14.3. The second-order valence-corrected chi connectivity index (χ2v) is 6.61. The van der Waals surface area contributed by atoms with Crippen LogP contribution in [0.1, 0.15) is 58.8 Å². The summed E-state index contributed by atoms with van der Waals surface area (Å²) in [5.41, 5.74) is 0. The minimum absolute atomic E-state index is 0.762. The molecular weight excluding hydrogens is 220 g/mol. The zero-order valence-electron chi connectivity index (χ0n) is 12.5. The molecule has 18 heavy (non-hydrogen) atoms. The molecule has 1 aliphatic carbocycles. The maximum atomic E-state index is 3.83. The molecule has 2 aliphatic rings. The van der Waals surface area contributed by atoms with Gasteiger partial charge in [0.25, 0.3) is 0 Å². The van der Waals surface area contributed by atoms with Crippen molar-refractivity contribution in [2.75, 3.05) is 26.2 Å². The summed E-state index contributed by atoms with van der Waals surface area (Å²) >= 11 is 0. The van der Waals surface area contributed by atoms with Gasteiger partial charge in [0.15, 0.2) is 0 Å². The smallest absolute Gasteiger partial charge is 0.0223 e. The van der Waals surface area contributed by atoms with Crippen LogP contribution in [0.2, 0.25) is 0 Å². The highest BCUT2D eigenvalue weighted by molar-refractivity contribution is 4.84. The summed E-state index contributed by atoms with van der Waals surface area (Å²) < 4.78 is 0. The largest absolute Gasteiger partial charge is 0.312 e. The van der Waals surface area contributed by atoms with Gasteiger partial charge in [0.2, 0.25) is 0 Å². The van der Waals surface area contributed by atoms with E-state index in [4.69, 9.17) is 0 Å². The molecule has 1 aliphatic heterocycles. The lowest BCUT2D eigenvalue weighted by Gasteiger charge is -2.36. The number of hydrogen-bond acceptors (Lipinski definition) is 2. The van der Waals surface area contributed by atoms with Gasteiger partial charge in [-0.25, -0.2) is 0 Å². The van der Waals surface area contributed by atoms with Crippen molar-refractivity contribution < 1.29 is 0 Å². The van der Waals surface area contributed by atoms with Crippen molar-refractivity contribution in [2.24, 2.45) is 11.8 Å².